The van der Waals surface area contributed by atoms with E-state index >= 15 is 0 Å². The van der Waals surface area contributed by atoms with Gasteiger partial charge in [0.2, 0.25) is 11.8 Å². The van der Waals surface area contributed by atoms with Crippen molar-refractivity contribution in [2.75, 3.05) is 0 Å². The zero-order valence-electron chi connectivity index (χ0n) is 11.3. The van der Waals surface area contributed by atoms with Gasteiger partial charge in [-0.2, -0.15) is 0 Å². The molecule has 102 valence electrons. The van der Waals surface area contributed by atoms with Crippen LogP contribution in [0.4, 0.5) is 0 Å². The lowest BCUT2D eigenvalue weighted by Gasteiger charge is -2.03. The largest absolute Gasteiger partial charge is 0.424 e. The summed E-state index contributed by atoms with van der Waals surface area (Å²) < 4.78 is 7.55. The average molecular weight is 279 g/mol. The summed E-state index contributed by atoms with van der Waals surface area (Å²) in [6.07, 6.45) is 1.82. The van der Waals surface area contributed by atoms with Crippen LogP contribution >= 0.6 is 11.8 Å². The van der Waals surface area contributed by atoms with Gasteiger partial charge in [-0.05, 0) is 6.92 Å². The van der Waals surface area contributed by atoms with Crippen molar-refractivity contribution in [2.45, 2.75) is 44.1 Å². The third-order valence-electron chi connectivity index (χ3n) is 2.51. The molecule has 0 saturated heterocycles. The fourth-order valence-electron chi connectivity index (χ4n) is 1.49. The highest BCUT2D eigenvalue weighted by Crippen LogP contribution is 2.22. The standard InChI is InChI=1S/C12H17N5OS/c1-5-6-17-9(4)13-16-12(17)19-7-10-14-15-11(18-10)8(2)3/h5,8H,1,6-7H2,2-4H3. The van der Waals surface area contributed by atoms with Crippen LogP contribution < -0.4 is 0 Å². The molecule has 0 spiro atoms. The zero-order valence-corrected chi connectivity index (χ0v) is 12.1. The molecule has 0 aliphatic carbocycles. The molecule has 0 bridgehead atoms. The van der Waals surface area contributed by atoms with Gasteiger partial charge in [0.15, 0.2) is 5.16 Å². The Labute approximate surface area is 116 Å². The Kier molecular flexibility index (Phi) is 4.36. The molecule has 6 nitrogen and oxygen atoms in total. The van der Waals surface area contributed by atoms with E-state index in [-0.39, 0.29) is 5.92 Å². The van der Waals surface area contributed by atoms with Crippen LogP contribution in [-0.2, 0) is 12.3 Å². The van der Waals surface area contributed by atoms with Gasteiger partial charge in [0.25, 0.3) is 0 Å². The Morgan fingerprint density at radius 2 is 2.11 bits per heavy atom. The highest BCUT2D eigenvalue weighted by Gasteiger charge is 2.13. The maximum absolute atomic E-state index is 5.55. The van der Waals surface area contributed by atoms with E-state index in [2.05, 4.69) is 27.0 Å². The summed E-state index contributed by atoms with van der Waals surface area (Å²) >= 11 is 1.53. The minimum absolute atomic E-state index is 0.248. The van der Waals surface area contributed by atoms with Crippen molar-refractivity contribution >= 4 is 11.8 Å². The molecule has 0 aliphatic heterocycles. The van der Waals surface area contributed by atoms with Crippen LogP contribution in [0, 0.1) is 6.92 Å². The summed E-state index contributed by atoms with van der Waals surface area (Å²) in [5.41, 5.74) is 0. The van der Waals surface area contributed by atoms with Crippen LogP contribution in [0.15, 0.2) is 22.2 Å². The first-order valence-corrected chi connectivity index (χ1v) is 7.06. The second-order valence-electron chi connectivity index (χ2n) is 4.41. The summed E-state index contributed by atoms with van der Waals surface area (Å²) in [6.45, 7) is 10.4. The molecule has 0 fully saturated rings. The Bertz CT molecular complexity index is 560. The maximum Gasteiger partial charge on any atom is 0.226 e. The van der Waals surface area contributed by atoms with Crippen LogP contribution in [-0.4, -0.2) is 25.0 Å². The number of nitrogens with zero attached hydrogens (tertiary/aromatic N) is 5. The van der Waals surface area contributed by atoms with Gasteiger partial charge in [0, 0.05) is 12.5 Å². The molecule has 0 aromatic carbocycles. The van der Waals surface area contributed by atoms with Crippen LogP contribution in [0.2, 0.25) is 0 Å². The molecule has 2 aromatic heterocycles. The molecule has 2 heterocycles. The average Bonchev–Trinajstić information content (AvgIpc) is 2.96. The summed E-state index contributed by atoms with van der Waals surface area (Å²) in [7, 11) is 0. The predicted molar refractivity (Wildman–Crippen MR) is 72.9 cm³/mol. The fourth-order valence-corrected chi connectivity index (χ4v) is 2.32. The monoisotopic (exact) mass is 279 g/mol. The lowest BCUT2D eigenvalue weighted by molar-refractivity contribution is 0.445. The van der Waals surface area contributed by atoms with Gasteiger partial charge in [-0.3, -0.25) is 0 Å². The van der Waals surface area contributed by atoms with E-state index < -0.39 is 0 Å². The quantitative estimate of drug-likeness (QED) is 0.598. The lowest BCUT2D eigenvalue weighted by atomic mass is 10.2. The molecule has 0 amide bonds. The highest BCUT2D eigenvalue weighted by molar-refractivity contribution is 7.98. The fraction of sp³-hybridized carbons (Fsp3) is 0.500. The van der Waals surface area contributed by atoms with Crippen molar-refractivity contribution in [2.24, 2.45) is 0 Å². The molecule has 0 atom stereocenters. The first-order valence-electron chi connectivity index (χ1n) is 6.07. The van der Waals surface area contributed by atoms with Crippen molar-refractivity contribution in [1.29, 1.82) is 0 Å². The van der Waals surface area contributed by atoms with E-state index in [1.807, 2.05) is 31.4 Å². The van der Waals surface area contributed by atoms with Gasteiger partial charge in [0.1, 0.15) is 5.82 Å². The van der Waals surface area contributed by atoms with E-state index in [9.17, 15) is 0 Å². The SMILES string of the molecule is C=CCn1c(C)nnc1SCc1nnc(C(C)C)o1. The van der Waals surface area contributed by atoms with Gasteiger partial charge in [-0.25, -0.2) is 0 Å². The molecule has 0 radical (unpaired) electrons. The molecular weight excluding hydrogens is 262 g/mol. The number of hydrogen-bond donors (Lipinski definition) is 0. The smallest absolute Gasteiger partial charge is 0.226 e. The first kappa shape index (κ1) is 13.8. The molecule has 0 saturated carbocycles. The Morgan fingerprint density at radius 3 is 2.74 bits per heavy atom. The summed E-state index contributed by atoms with van der Waals surface area (Å²) in [4.78, 5) is 0. The molecule has 7 heteroatoms. The van der Waals surface area contributed by atoms with Crippen molar-refractivity contribution in [3.8, 4) is 0 Å². The van der Waals surface area contributed by atoms with Gasteiger partial charge in [-0.15, -0.1) is 27.0 Å². The second-order valence-corrected chi connectivity index (χ2v) is 5.35. The normalized spacial score (nSPS) is 11.2. The van der Waals surface area contributed by atoms with Crippen molar-refractivity contribution in [3.05, 3.63) is 30.3 Å². The third kappa shape index (κ3) is 3.23. The van der Waals surface area contributed by atoms with Crippen LogP contribution in [0.5, 0.6) is 0 Å². The van der Waals surface area contributed by atoms with Crippen LogP contribution in [0.25, 0.3) is 0 Å². The number of aromatic nitrogens is 5. The minimum Gasteiger partial charge on any atom is -0.424 e. The topological polar surface area (TPSA) is 69.6 Å². The van der Waals surface area contributed by atoms with Crippen molar-refractivity contribution in [1.82, 2.24) is 25.0 Å². The molecule has 2 rings (SSSR count). The Morgan fingerprint density at radius 1 is 1.32 bits per heavy atom. The van der Waals surface area contributed by atoms with Gasteiger partial charge in [0.05, 0.1) is 5.75 Å². The summed E-state index contributed by atoms with van der Waals surface area (Å²) in [5, 5.41) is 17.0. The van der Waals surface area contributed by atoms with Gasteiger partial charge in [-0.1, -0.05) is 31.7 Å². The van der Waals surface area contributed by atoms with Crippen molar-refractivity contribution in [3.63, 3.8) is 0 Å². The lowest BCUT2D eigenvalue weighted by Crippen LogP contribution is -2.00. The van der Waals surface area contributed by atoms with Crippen molar-refractivity contribution < 1.29 is 4.42 Å². The van der Waals surface area contributed by atoms with Crippen LogP contribution in [0.1, 0.15) is 37.4 Å². The molecular formula is C12H17N5OS. The first-order chi connectivity index (χ1) is 9.11. The highest BCUT2D eigenvalue weighted by atomic mass is 32.2. The molecule has 0 aliphatic rings. The Balaban J connectivity index is 2.03. The summed E-state index contributed by atoms with van der Waals surface area (Å²) in [5.74, 6) is 2.99. The van der Waals surface area contributed by atoms with Gasteiger partial charge >= 0.3 is 0 Å². The van der Waals surface area contributed by atoms with E-state index in [4.69, 9.17) is 4.42 Å². The number of rotatable bonds is 6. The number of hydrogen-bond acceptors (Lipinski definition) is 6. The number of thioether (sulfide) groups is 1. The Hall–Kier alpha value is -1.63. The van der Waals surface area contributed by atoms with Gasteiger partial charge < -0.3 is 8.98 Å². The molecule has 19 heavy (non-hydrogen) atoms. The van der Waals surface area contributed by atoms with E-state index in [0.717, 1.165) is 11.0 Å². The van der Waals surface area contributed by atoms with E-state index in [1.165, 1.54) is 11.8 Å². The molecule has 0 unspecified atom stereocenters. The second kappa shape index (κ2) is 6.01. The van der Waals surface area contributed by atoms with Crippen LogP contribution in [0.3, 0.4) is 0 Å². The zero-order chi connectivity index (χ0) is 13.8. The van der Waals surface area contributed by atoms with E-state index in [0.29, 0.717) is 24.1 Å². The minimum atomic E-state index is 0.248. The predicted octanol–water partition coefficient (Wildman–Crippen LogP) is 2.57. The molecule has 0 N–H and O–H groups in total. The number of allylic oxidation sites excluding steroid dienone is 1. The maximum atomic E-state index is 5.55. The molecule has 2 aromatic rings. The third-order valence-corrected chi connectivity index (χ3v) is 3.47. The number of aryl methyl sites for hydroxylation is 1. The summed E-state index contributed by atoms with van der Waals surface area (Å²) in [6, 6.07) is 0. The van der Waals surface area contributed by atoms with E-state index in [1.54, 1.807) is 0 Å².